The second kappa shape index (κ2) is 6.63. The van der Waals surface area contributed by atoms with Crippen molar-refractivity contribution in [2.24, 2.45) is 10.7 Å². The fourth-order valence-corrected chi connectivity index (χ4v) is 3.18. The third-order valence-corrected chi connectivity index (χ3v) is 4.55. The Balaban J connectivity index is 1.75. The van der Waals surface area contributed by atoms with E-state index in [4.69, 9.17) is 10.5 Å². The van der Waals surface area contributed by atoms with E-state index in [-0.39, 0.29) is 0 Å². The van der Waals surface area contributed by atoms with E-state index in [0.717, 1.165) is 24.6 Å². The molecule has 104 valence electrons. The number of rotatable bonds is 3. The zero-order valence-corrected chi connectivity index (χ0v) is 11.6. The van der Waals surface area contributed by atoms with Gasteiger partial charge >= 0.3 is 0 Å². The van der Waals surface area contributed by atoms with Crippen molar-refractivity contribution in [3.63, 3.8) is 0 Å². The largest absolute Gasteiger partial charge is 0.390 e. The Labute approximate surface area is 113 Å². The van der Waals surface area contributed by atoms with E-state index in [9.17, 15) is 5.11 Å². The number of aliphatic hydroxyl groups is 1. The molecule has 2 saturated heterocycles. The average Bonchev–Trinajstić information content (AvgIpc) is 2.40. The SMILES string of the molecule is NC(=NCCC1(O)CCOCC1)N1CCSCC1. The molecule has 3 N–H and O–H groups in total. The van der Waals surface area contributed by atoms with Gasteiger partial charge in [-0.2, -0.15) is 11.8 Å². The highest BCUT2D eigenvalue weighted by atomic mass is 32.2. The molecule has 2 heterocycles. The van der Waals surface area contributed by atoms with Crippen molar-refractivity contribution >= 4 is 17.7 Å². The molecule has 0 unspecified atom stereocenters. The molecule has 2 aliphatic heterocycles. The summed E-state index contributed by atoms with van der Waals surface area (Å²) in [5, 5.41) is 10.3. The predicted molar refractivity (Wildman–Crippen MR) is 75.0 cm³/mol. The molecule has 0 aromatic heterocycles. The first kappa shape index (κ1) is 14.0. The smallest absolute Gasteiger partial charge is 0.191 e. The monoisotopic (exact) mass is 273 g/mol. The van der Waals surface area contributed by atoms with Crippen molar-refractivity contribution in [3.8, 4) is 0 Å². The van der Waals surface area contributed by atoms with Crippen LogP contribution >= 0.6 is 11.8 Å². The summed E-state index contributed by atoms with van der Waals surface area (Å²) in [5.74, 6) is 2.88. The van der Waals surface area contributed by atoms with E-state index in [1.54, 1.807) is 0 Å². The molecule has 2 rings (SSSR count). The molecule has 6 heteroatoms. The number of hydrogen-bond acceptors (Lipinski definition) is 4. The minimum atomic E-state index is -0.597. The van der Waals surface area contributed by atoms with Gasteiger partial charge in [-0.3, -0.25) is 4.99 Å². The number of aliphatic imine (C=N–C) groups is 1. The van der Waals surface area contributed by atoms with Crippen molar-refractivity contribution in [1.29, 1.82) is 0 Å². The Morgan fingerprint density at radius 3 is 2.67 bits per heavy atom. The van der Waals surface area contributed by atoms with Crippen molar-refractivity contribution in [2.75, 3.05) is 44.4 Å². The van der Waals surface area contributed by atoms with E-state index >= 15 is 0 Å². The third kappa shape index (κ3) is 4.03. The van der Waals surface area contributed by atoms with Gasteiger partial charge in [-0.1, -0.05) is 0 Å². The van der Waals surface area contributed by atoms with Gasteiger partial charge < -0.3 is 20.5 Å². The summed E-state index contributed by atoms with van der Waals surface area (Å²) in [5.41, 5.74) is 5.37. The average molecular weight is 273 g/mol. The van der Waals surface area contributed by atoms with Crippen LogP contribution in [0, 0.1) is 0 Å². The van der Waals surface area contributed by atoms with Crippen LogP contribution in [0.2, 0.25) is 0 Å². The summed E-state index contributed by atoms with van der Waals surface area (Å²) in [6.45, 7) is 3.88. The van der Waals surface area contributed by atoms with E-state index in [2.05, 4.69) is 9.89 Å². The second-order valence-electron chi connectivity index (χ2n) is 4.93. The number of ether oxygens (including phenoxy) is 1. The Morgan fingerprint density at radius 2 is 2.00 bits per heavy atom. The molecule has 0 radical (unpaired) electrons. The first-order chi connectivity index (χ1) is 8.70. The van der Waals surface area contributed by atoms with Gasteiger partial charge in [0, 0.05) is 44.4 Å². The van der Waals surface area contributed by atoms with Crippen LogP contribution in [0.1, 0.15) is 19.3 Å². The number of thioether (sulfide) groups is 1. The van der Waals surface area contributed by atoms with Crippen LogP contribution in [0.5, 0.6) is 0 Å². The van der Waals surface area contributed by atoms with Crippen LogP contribution in [0.15, 0.2) is 4.99 Å². The first-order valence-electron chi connectivity index (χ1n) is 6.62. The zero-order valence-electron chi connectivity index (χ0n) is 10.8. The Morgan fingerprint density at radius 1 is 1.33 bits per heavy atom. The third-order valence-electron chi connectivity index (χ3n) is 3.61. The van der Waals surface area contributed by atoms with E-state index in [1.165, 1.54) is 0 Å². The quantitative estimate of drug-likeness (QED) is 0.571. The lowest BCUT2D eigenvalue weighted by Crippen LogP contribution is -2.43. The number of nitrogens with zero attached hydrogens (tertiary/aromatic N) is 2. The summed E-state index contributed by atoms with van der Waals surface area (Å²) >= 11 is 1.96. The summed E-state index contributed by atoms with van der Waals surface area (Å²) in [7, 11) is 0. The topological polar surface area (TPSA) is 71.1 Å². The van der Waals surface area contributed by atoms with Crippen LogP contribution < -0.4 is 5.73 Å². The Bertz CT molecular complexity index is 287. The van der Waals surface area contributed by atoms with Crippen LogP contribution in [0.4, 0.5) is 0 Å². The lowest BCUT2D eigenvalue weighted by atomic mass is 9.91. The fraction of sp³-hybridized carbons (Fsp3) is 0.917. The van der Waals surface area contributed by atoms with Gasteiger partial charge in [-0.05, 0) is 19.3 Å². The minimum absolute atomic E-state index is 0.597. The highest BCUT2D eigenvalue weighted by Gasteiger charge is 2.29. The van der Waals surface area contributed by atoms with Gasteiger partial charge in [-0.25, -0.2) is 0 Å². The molecular formula is C12H23N3O2S. The lowest BCUT2D eigenvalue weighted by Gasteiger charge is -2.32. The normalized spacial score (nSPS) is 25.2. The van der Waals surface area contributed by atoms with Crippen molar-refractivity contribution in [2.45, 2.75) is 24.9 Å². The molecule has 0 amide bonds. The molecule has 5 nitrogen and oxygen atoms in total. The summed E-state index contributed by atoms with van der Waals surface area (Å²) in [6, 6.07) is 0. The van der Waals surface area contributed by atoms with Gasteiger partial charge in [-0.15, -0.1) is 0 Å². The molecule has 0 aromatic carbocycles. The number of nitrogens with two attached hydrogens (primary N) is 1. The van der Waals surface area contributed by atoms with Crippen LogP contribution in [-0.4, -0.2) is 65.9 Å². The molecule has 0 saturated carbocycles. The molecule has 0 bridgehead atoms. The molecule has 0 spiro atoms. The first-order valence-corrected chi connectivity index (χ1v) is 7.78. The molecule has 0 aliphatic carbocycles. The molecule has 0 atom stereocenters. The van der Waals surface area contributed by atoms with Gasteiger partial charge in [0.2, 0.25) is 0 Å². The minimum Gasteiger partial charge on any atom is -0.390 e. The van der Waals surface area contributed by atoms with Gasteiger partial charge in [0.25, 0.3) is 0 Å². The molecule has 2 aliphatic rings. The maximum atomic E-state index is 10.3. The fourth-order valence-electron chi connectivity index (χ4n) is 2.27. The molecule has 0 aromatic rings. The number of guanidine groups is 1. The van der Waals surface area contributed by atoms with E-state index in [0.29, 0.717) is 45.0 Å². The van der Waals surface area contributed by atoms with E-state index in [1.807, 2.05) is 11.8 Å². The summed E-state index contributed by atoms with van der Waals surface area (Å²) in [6.07, 6.45) is 2.10. The maximum Gasteiger partial charge on any atom is 0.191 e. The number of hydrogen-bond donors (Lipinski definition) is 2. The van der Waals surface area contributed by atoms with Gasteiger partial charge in [0.05, 0.1) is 5.60 Å². The van der Waals surface area contributed by atoms with Gasteiger partial charge in [0.15, 0.2) is 5.96 Å². The summed E-state index contributed by atoms with van der Waals surface area (Å²) < 4.78 is 5.26. The van der Waals surface area contributed by atoms with Crippen LogP contribution in [-0.2, 0) is 4.74 Å². The predicted octanol–water partition coefficient (Wildman–Crippen LogP) is 0.281. The maximum absolute atomic E-state index is 10.3. The molecule has 2 fully saturated rings. The zero-order chi connectivity index (χ0) is 12.8. The highest BCUT2D eigenvalue weighted by Crippen LogP contribution is 2.23. The molecule has 18 heavy (non-hydrogen) atoms. The van der Waals surface area contributed by atoms with Gasteiger partial charge in [0.1, 0.15) is 0 Å². The highest BCUT2D eigenvalue weighted by molar-refractivity contribution is 7.99. The Hall–Kier alpha value is -0.460. The lowest BCUT2D eigenvalue weighted by molar-refractivity contribution is -0.0662. The Kier molecular flexibility index (Phi) is 5.14. The van der Waals surface area contributed by atoms with Crippen LogP contribution in [0.3, 0.4) is 0 Å². The molecular weight excluding hydrogens is 250 g/mol. The van der Waals surface area contributed by atoms with Crippen molar-refractivity contribution in [1.82, 2.24) is 4.90 Å². The van der Waals surface area contributed by atoms with Crippen molar-refractivity contribution < 1.29 is 9.84 Å². The van der Waals surface area contributed by atoms with E-state index < -0.39 is 5.60 Å². The van der Waals surface area contributed by atoms with Crippen LogP contribution in [0.25, 0.3) is 0 Å². The standard InChI is InChI=1S/C12H23N3O2S/c13-11(15-5-9-18-10-6-15)14-4-1-12(16)2-7-17-8-3-12/h16H,1-10H2,(H2,13,14). The second-order valence-corrected chi connectivity index (χ2v) is 6.15. The summed E-state index contributed by atoms with van der Waals surface area (Å²) in [4.78, 5) is 6.53. The van der Waals surface area contributed by atoms with Crippen molar-refractivity contribution in [3.05, 3.63) is 0 Å².